The molecule has 0 saturated heterocycles. The van der Waals surface area contributed by atoms with E-state index in [4.69, 9.17) is 0 Å². The smallest absolute Gasteiger partial charge is 0.260 e. The van der Waals surface area contributed by atoms with E-state index < -0.39 is 10.0 Å². The number of aromatic amines is 2. The summed E-state index contributed by atoms with van der Waals surface area (Å²) in [5, 5.41) is 6.54. The van der Waals surface area contributed by atoms with Crippen LogP contribution in [0.1, 0.15) is 18.3 Å². The van der Waals surface area contributed by atoms with Crippen LogP contribution in [0.25, 0.3) is 0 Å². The van der Waals surface area contributed by atoms with Gasteiger partial charge in [0.15, 0.2) is 5.03 Å². The van der Waals surface area contributed by atoms with Crippen molar-refractivity contribution in [2.75, 3.05) is 7.05 Å². The number of hydrogen-bond acceptors (Lipinski definition) is 4. The zero-order chi connectivity index (χ0) is 13.2. The number of hydrogen-bond donors (Lipinski definition) is 2. The van der Waals surface area contributed by atoms with Crippen molar-refractivity contribution in [3.63, 3.8) is 0 Å². The molecular weight excluding hydrogens is 254 g/mol. The maximum Gasteiger partial charge on any atom is 0.260 e. The van der Waals surface area contributed by atoms with Gasteiger partial charge in [0.2, 0.25) is 0 Å². The molecule has 7 nitrogen and oxygen atoms in total. The van der Waals surface area contributed by atoms with E-state index in [2.05, 4.69) is 20.2 Å². The van der Waals surface area contributed by atoms with Crippen molar-refractivity contribution in [3.8, 4) is 0 Å². The van der Waals surface area contributed by atoms with Gasteiger partial charge in [0.1, 0.15) is 5.82 Å². The van der Waals surface area contributed by atoms with Gasteiger partial charge in [-0.2, -0.15) is 9.40 Å². The summed E-state index contributed by atoms with van der Waals surface area (Å²) >= 11 is 0. The summed E-state index contributed by atoms with van der Waals surface area (Å²) in [7, 11) is -2.01. The average molecular weight is 269 g/mol. The summed E-state index contributed by atoms with van der Waals surface area (Å²) in [6.07, 6.45) is 5.27. The first-order valence-electron chi connectivity index (χ1n) is 5.52. The second-order valence-electron chi connectivity index (χ2n) is 3.92. The van der Waals surface area contributed by atoms with Crippen LogP contribution in [0.15, 0.2) is 23.6 Å². The number of nitrogens with zero attached hydrogens (tertiary/aromatic N) is 3. The SMILES string of the molecule is CCc1ncc(S(=O)(=O)N(C)Cc2cn[nH]c2)[nH]1. The summed E-state index contributed by atoms with van der Waals surface area (Å²) in [6, 6.07) is 0. The van der Waals surface area contributed by atoms with Gasteiger partial charge in [-0.1, -0.05) is 6.92 Å². The Balaban J connectivity index is 2.19. The predicted molar refractivity (Wildman–Crippen MR) is 65.2 cm³/mol. The maximum absolute atomic E-state index is 12.2. The summed E-state index contributed by atoms with van der Waals surface area (Å²) in [6.45, 7) is 2.17. The van der Waals surface area contributed by atoms with E-state index in [-0.39, 0.29) is 11.6 Å². The molecule has 2 N–H and O–H groups in total. The number of aromatic nitrogens is 4. The molecule has 8 heteroatoms. The molecule has 18 heavy (non-hydrogen) atoms. The van der Waals surface area contributed by atoms with Crippen molar-refractivity contribution < 1.29 is 8.42 Å². The van der Waals surface area contributed by atoms with Crippen molar-refractivity contribution >= 4 is 10.0 Å². The molecule has 2 heterocycles. The Morgan fingerprint density at radius 3 is 2.72 bits per heavy atom. The molecule has 0 saturated carbocycles. The minimum Gasteiger partial charge on any atom is -0.332 e. The van der Waals surface area contributed by atoms with Crippen LogP contribution in [0.2, 0.25) is 0 Å². The molecule has 0 amide bonds. The molecule has 2 aromatic heterocycles. The second-order valence-corrected chi connectivity index (χ2v) is 5.93. The molecule has 0 bridgehead atoms. The van der Waals surface area contributed by atoms with Crippen LogP contribution < -0.4 is 0 Å². The van der Waals surface area contributed by atoms with Gasteiger partial charge >= 0.3 is 0 Å². The lowest BCUT2D eigenvalue weighted by atomic mass is 10.4. The fourth-order valence-electron chi connectivity index (χ4n) is 1.53. The number of nitrogens with one attached hydrogen (secondary N) is 2. The minimum atomic E-state index is -3.53. The van der Waals surface area contributed by atoms with Crippen LogP contribution in [-0.4, -0.2) is 39.9 Å². The number of H-pyrrole nitrogens is 2. The summed E-state index contributed by atoms with van der Waals surface area (Å²) < 4.78 is 25.7. The van der Waals surface area contributed by atoms with Crippen molar-refractivity contribution in [1.82, 2.24) is 24.5 Å². The predicted octanol–water partition coefficient (Wildman–Crippen LogP) is 0.516. The number of imidazole rings is 1. The van der Waals surface area contributed by atoms with Gasteiger partial charge < -0.3 is 4.98 Å². The molecule has 98 valence electrons. The minimum absolute atomic E-state index is 0.116. The lowest BCUT2D eigenvalue weighted by molar-refractivity contribution is 0.464. The first-order valence-corrected chi connectivity index (χ1v) is 6.96. The Kier molecular flexibility index (Phi) is 3.48. The van der Waals surface area contributed by atoms with Crippen molar-refractivity contribution in [1.29, 1.82) is 0 Å². The molecule has 2 rings (SSSR count). The molecule has 0 aromatic carbocycles. The zero-order valence-corrected chi connectivity index (χ0v) is 11.0. The first-order chi connectivity index (χ1) is 8.54. The highest BCUT2D eigenvalue weighted by molar-refractivity contribution is 7.89. The van der Waals surface area contributed by atoms with Crippen LogP contribution in [0.4, 0.5) is 0 Å². The standard InChI is InChI=1S/C10H15N5O2S/c1-3-9-11-6-10(14-9)18(16,17)15(2)7-8-4-12-13-5-8/h4-6H,3,7H2,1-2H3,(H,11,14)(H,12,13). The number of rotatable bonds is 5. The van der Waals surface area contributed by atoms with Gasteiger partial charge in [0.05, 0.1) is 12.4 Å². The van der Waals surface area contributed by atoms with E-state index in [9.17, 15) is 8.42 Å². The quantitative estimate of drug-likeness (QED) is 0.827. The third-order valence-electron chi connectivity index (χ3n) is 2.59. The van der Waals surface area contributed by atoms with Crippen LogP contribution in [0.3, 0.4) is 0 Å². The van der Waals surface area contributed by atoms with Gasteiger partial charge in [-0.05, 0) is 0 Å². The molecule has 2 aromatic rings. The Bertz CT molecular complexity index is 602. The van der Waals surface area contributed by atoms with E-state index in [0.29, 0.717) is 12.2 Å². The summed E-state index contributed by atoms with van der Waals surface area (Å²) in [4.78, 5) is 6.80. The van der Waals surface area contributed by atoms with Crippen molar-refractivity contribution in [3.05, 3.63) is 30.0 Å². The molecule has 0 fully saturated rings. The normalized spacial score (nSPS) is 12.2. The molecule has 0 spiro atoms. The van der Waals surface area contributed by atoms with Gasteiger partial charge in [0.25, 0.3) is 10.0 Å². The lowest BCUT2D eigenvalue weighted by Gasteiger charge is -2.14. The molecule has 0 atom stereocenters. The summed E-state index contributed by atoms with van der Waals surface area (Å²) in [5.74, 6) is 0.658. The monoisotopic (exact) mass is 269 g/mol. The van der Waals surface area contributed by atoms with Gasteiger partial charge in [-0.3, -0.25) is 5.10 Å². The fourth-order valence-corrected chi connectivity index (χ4v) is 2.62. The number of sulfonamides is 1. The van der Waals surface area contributed by atoms with E-state index in [1.807, 2.05) is 6.92 Å². The van der Waals surface area contributed by atoms with E-state index in [0.717, 1.165) is 5.56 Å². The van der Waals surface area contributed by atoms with E-state index >= 15 is 0 Å². The fraction of sp³-hybridized carbons (Fsp3) is 0.400. The maximum atomic E-state index is 12.2. The topological polar surface area (TPSA) is 94.7 Å². The molecule has 0 aliphatic carbocycles. The van der Waals surface area contributed by atoms with E-state index in [1.165, 1.54) is 17.5 Å². The van der Waals surface area contributed by atoms with Crippen LogP contribution >= 0.6 is 0 Å². The second kappa shape index (κ2) is 4.91. The average Bonchev–Trinajstić information content (AvgIpc) is 2.99. The lowest BCUT2D eigenvalue weighted by Crippen LogP contribution is -2.26. The molecule has 0 aliphatic rings. The van der Waals surface area contributed by atoms with Crippen molar-refractivity contribution in [2.45, 2.75) is 24.9 Å². The molecule has 0 unspecified atom stereocenters. The Morgan fingerprint density at radius 2 is 2.17 bits per heavy atom. The Labute approximate surface area is 105 Å². The van der Waals surface area contributed by atoms with Gasteiger partial charge in [0, 0.05) is 31.8 Å². The van der Waals surface area contributed by atoms with Crippen molar-refractivity contribution in [2.24, 2.45) is 0 Å². The molecule has 0 radical (unpaired) electrons. The largest absolute Gasteiger partial charge is 0.332 e. The number of aryl methyl sites for hydroxylation is 1. The third kappa shape index (κ3) is 2.44. The Morgan fingerprint density at radius 1 is 1.39 bits per heavy atom. The highest BCUT2D eigenvalue weighted by Gasteiger charge is 2.23. The van der Waals surface area contributed by atoms with Crippen LogP contribution in [-0.2, 0) is 23.0 Å². The molecular formula is C10H15N5O2S. The van der Waals surface area contributed by atoms with Gasteiger partial charge in [-0.25, -0.2) is 13.4 Å². The highest BCUT2D eigenvalue weighted by atomic mass is 32.2. The summed E-state index contributed by atoms with van der Waals surface area (Å²) in [5.41, 5.74) is 0.802. The van der Waals surface area contributed by atoms with Crippen LogP contribution in [0, 0.1) is 0 Å². The van der Waals surface area contributed by atoms with E-state index in [1.54, 1.807) is 12.4 Å². The van der Waals surface area contributed by atoms with Crippen LogP contribution in [0.5, 0.6) is 0 Å². The Hall–Kier alpha value is -1.67. The molecule has 0 aliphatic heterocycles. The zero-order valence-electron chi connectivity index (χ0n) is 10.2. The first kappa shape index (κ1) is 12.8. The van der Waals surface area contributed by atoms with Gasteiger partial charge in [-0.15, -0.1) is 0 Å². The highest BCUT2D eigenvalue weighted by Crippen LogP contribution is 2.14. The third-order valence-corrected chi connectivity index (χ3v) is 4.30.